The van der Waals surface area contributed by atoms with Gasteiger partial charge in [-0.05, 0) is 62.2 Å². The zero-order chi connectivity index (χ0) is 31.9. The van der Waals surface area contributed by atoms with E-state index < -0.39 is 11.0 Å². The summed E-state index contributed by atoms with van der Waals surface area (Å²) in [5.41, 5.74) is 3.06. The number of ether oxygens (including phenoxy) is 3. The Labute approximate surface area is 256 Å². The van der Waals surface area contributed by atoms with E-state index >= 15 is 0 Å². The van der Waals surface area contributed by atoms with E-state index in [0.29, 0.717) is 66.1 Å². The Morgan fingerprint density at radius 3 is 2.36 bits per heavy atom. The molecule has 3 heterocycles. The first-order valence-corrected chi connectivity index (χ1v) is 14.6. The van der Waals surface area contributed by atoms with Crippen molar-refractivity contribution in [3.8, 4) is 28.6 Å². The van der Waals surface area contributed by atoms with E-state index in [1.54, 1.807) is 58.0 Å². The average Bonchev–Trinajstić information content (AvgIpc) is 3.60. The van der Waals surface area contributed by atoms with Crippen molar-refractivity contribution in [3.05, 3.63) is 99.9 Å². The van der Waals surface area contributed by atoms with Crippen molar-refractivity contribution in [2.24, 2.45) is 4.99 Å². The minimum atomic E-state index is -0.794. The molecule has 0 saturated carbocycles. The van der Waals surface area contributed by atoms with Crippen molar-refractivity contribution < 1.29 is 28.3 Å². The Balaban J connectivity index is 1.67. The number of aromatic nitrogens is 1. The van der Waals surface area contributed by atoms with Crippen LogP contribution in [0.15, 0.2) is 61.9 Å². The van der Waals surface area contributed by atoms with Gasteiger partial charge in [-0.1, -0.05) is 18.3 Å². The molecule has 0 radical (unpaired) electrons. The molecule has 4 aromatic rings. The predicted octanol–water partition coefficient (Wildman–Crippen LogP) is 5.03. The number of benzene rings is 2. The van der Waals surface area contributed by atoms with Crippen molar-refractivity contribution >= 4 is 28.9 Å². The smallest absolute Gasteiger partial charge is 0.273 e. The lowest BCUT2D eigenvalue weighted by atomic mass is 9.91. The van der Waals surface area contributed by atoms with Gasteiger partial charge in [0.15, 0.2) is 22.1 Å². The van der Waals surface area contributed by atoms with E-state index in [0.717, 1.165) is 5.56 Å². The van der Waals surface area contributed by atoms with Crippen LogP contribution < -0.4 is 29.1 Å². The van der Waals surface area contributed by atoms with Gasteiger partial charge in [0.05, 0.1) is 36.8 Å². The van der Waals surface area contributed by atoms with Gasteiger partial charge < -0.3 is 18.6 Å². The van der Waals surface area contributed by atoms with Crippen molar-refractivity contribution in [1.29, 1.82) is 0 Å². The van der Waals surface area contributed by atoms with Crippen molar-refractivity contribution in [1.82, 2.24) is 4.57 Å². The number of carbonyl (C=O) groups is 1. The van der Waals surface area contributed by atoms with Gasteiger partial charge in [0.2, 0.25) is 5.75 Å². The molecule has 11 nitrogen and oxygen atoms in total. The molecular formula is C32H31N3O8S. The molecule has 2 aromatic heterocycles. The molecule has 5 rings (SSSR count). The monoisotopic (exact) mass is 617 g/mol. The van der Waals surface area contributed by atoms with Crippen LogP contribution in [-0.4, -0.2) is 36.6 Å². The van der Waals surface area contributed by atoms with E-state index in [1.165, 1.54) is 43.3 Å². The number of Topliss-reactive ketones (excluding diaryl/α,β-unsaturated/α-hetero) is 1. The van der Waals surface area contributed by atoms with Crippen LogP contribution in [0.4, 0.5) is 5.69 Å². The number of furan rings is 1. The van der Waals surface area contributed by atoms with E-state index in [-0.39, 0.29) is 23.5 Å². The van der Waals surface area contributed by atoms with Gasteiger partial charge in [-0.25, -0.2) is 4.99 Å². The van der Waals surface area contributed by atoms with Gasteiger partial charge in [-0.15, -0.1) is 0 Å². The number of ketones is 1. The lowest BCUT2D eigenvalue weighted by molar-refractivity contribution is -0.385. The van der Waals surface area contributed by atoms with E-state index in [4.69, 9.17) is 18.6 Å². The molecule has 1 aliphatic heterocycles. The summed E-state index contributed by atoms with van der Waals surface area (Å²) in [4.78, 5) is 43.5. The minimum absolute atomic E-state index is 0.00542. The average molecular weight is 618 g/mol. The fraction of sp³-hybridized carbons (Fsp3) is 0.281. The van der Waals surface area contributed by atoms with Crippen LogP contribution >= 0.6 is 11.3 Å². The Bertz CT molecular complexity index is 2010. The zero-order valence-electron chi connectivity index (χ0n) is 25.3. The first-order chi connectivity index (χ1) is 21.0. The lowest BCUT2D eigenvalue weighted by Crippen LogP contribution is -2.39. The fourth-order valence-electron chi connectivity index (χ4n) is 5.33. The summed E-state index contributed by atoms with van der Waals surface area (Å²) < 4.78 is 24.5. The predicted molar refractivity (Wildman–Crippen MR) is 165 cm³/mol. The first-order valence-electron chi connectivity index (χ1n) is 13.7. The SMILES string of the molecule is CCC(=O)C1=C(C)N=c2s/c(=C\c3ccc(-c4cc(C)c(C)c([N+](=O)[O-])c4)o3)c(=O)n2C1c1cc(OC)c(OC)c(OC)c1. The molecule has 2 aromatic carbocycles. The summed E-state index contributed by atoms with van der Waals surface area (Å²) in [6, 6.07) is 9.37. The molecule has 0 N–H and O–H groups in total. The second kappa shape index (κ2) is 12.0. The van der Waals surface area contributed by atoms with Crippen LogP contribution in [0.2, 0.25) is 0 Å². The van der Waals surface area contributed by atoms with Gasteiger partial charge in [-0.2, -0.15) is 0 Å². The van der Waals surface area contributed by atoms with Crippen LogP contribution in [-0.2, 0) is 4.79 Å². The molecule has 12 heteroatoms. The third kappa shape index (κ3) is 5.21. The largest absolute Gasteiger partial charge is 0.493 e. The third-order valence-electron chi connectivity index (χ3n) is 7.67. The number of fused-ring (bicyclic) bond motifs is 1. The third-order valence-corrected chi connectivity index (χ3v) is 8.65. The Morgan fingerprint density at radius 1 is 1.09 bits per heavy atom. The number of hydrogen-bond donors (Lipinski definition) is 0. The molecule has 0 saturated heterocycles. The number of hydrogen-bond acceptors (Lipinski definition) is 10. The summed E-state index contributed by atoms with van der Waals surface area (Å²) in [5.74, 6) is 1.83. The number of thiazole rings is 1. The molecule has 1 aliphatic rings. The maximum Gasteiger partial charge on any atom is 0.273 e. The van der Waals surface area contributed by atoms with Crippen LogP contribution in [0, 0.1) is 24.0 Å². The number of methoxy groups -OCH3 is 3. The topological polar surface area (TPSA) is 135 Å². The zero-order valence-corrected chi connectivity index (χ0v) is 26.2. The molecule has 0 aliphatic carbocycles. The number of allylic oxidation sites excluding steroid dienone is 2. The molecule has 0 bridgehead atoms. The van der Waals surface area contributed by atoms with Crippen molar-refractivity contribution in [2.45, 2.75) is 40.2 Å². The van der Waals surface area contributed by atoms with Gasteiger partial charge in [0.1, 0.15) is 11.5 Å². The highest BCUT2D eigenvalue weighted by atomic mass is 32.1. The lowest BCUT2D eigenvalue weighted by Gasteiger charge is -2.26. The maximum atomic E-state index is 14.0. The minimum Gasteiger partial charge on any atom is -0.493 e. The Morgan fingerprint density at radius 2 is 1.77 bits per heavy atom. The van der Waals surface area contributed by atoms with Gasteiger partial charge >= 0.3 is 0 Å². The molecule has 0 amide bonds. The van der Waals surface area contributed by atoms with Crippen LogP contribution in [0.1, 0.15) is 48.8 Å². The highest BCUT2D eigenvalue weighted by Gasteiger charge is 2.33. The number of rotatable bonds is 9. The molecule has 0 spiro atoms. The van der Waals surface area contributed by atoms with Gasteiger partial charge in [0.25, 0.3) is 11.2 Å². The highest BCUT2D eigenvalue weighted by molar-refractivity contribution is 7.07. The number of nitro benzene ring substituents is 1. The number of nitrogens with zero attached hydrogens (tertiary/aromatic N) is 3. The van der Waals surface area contributed by atoms with E-state index in [1.807, 2.05) is 6.07 Å². The Hall–Kier alpha value is -4.97. The number of aryl methyl sites for hydroxylation is 1. The maximum absolute atomic E-state index is 14.0. The van der Waals surface area contributed by atoms with E-state index in [9.17, 15) is 19.7 Å². The van der Waals surface area contributed by atoms with Crippen LogP contribution in [0.3, 0.4) is 0 Å². The summed E-state index contributed by atoms with van der Waals surface area (Å²) in [7, 11) is 4.50. The number of carbonyl (C=O) groups excluding carboxylic acids is 1. The second-order valence-corrected chi connectivity index (χ2v) is 11.2. The molecule has 228 valence electrons. The quantitative estimate of drug-likeness (QED) is 0.189. The molecule has 0 fully saturated rings. The second-order valence-electron chi connectivity index (χ2n) is 10.2. The number of nitro groups is 1. The molecule has 1 atom stereocenters. The first kappa shape index (κ1) is 30.5. The van der Waals surface area contributed by atoms with Gasteiger partial charge in [-0.3, -0.25) is 24.3 Å². The van der Waals surface area contributed by atoms with Crippen molar-refractivity contribution in [2.75, 3.05) is 21.3 Å². The standard InChI is InChI=1S/C32H31N3O8S/c1-8-23(36)28-18(4)33-32-34(29(28)20-13-25(40-5)30(42-7)26(14-20)41-6)31(37)27(44-32)15-21-9-10-24(43-21)19-11-16(2)17(3)22(12-19)35(38)39/h9-15,29H,8H2,1-7H3/b27-15-. The molecule has 44 heavy (non-hydrogen) atoms. The highest BCUT2D eigenvalue weighted by Crippen LogP contribution is 2.42. The summed E-state index contributed by atoms with van der Waals surface area (Å²) in [6.45, 7) is 7.03. The van der Waals surface area contributed by atoms with Crippen LogP contribution in [0.5, 0.6) is 17.2 Å². The normalized spacial score (nSPS) is 14.7. The summed E-state index contributed by atoms with van der Waals surface area (Å²) >= 11 is 1.17. The molecule has 1 unspecified atom stereocenters. The van der Waals surface area contributed by atoms with Crippen molar-refractivity contribution in [3.63, 3.8) is 0 Å². The fourth-order valence-corrected chi connectivity index (χ4v) is 6.36. The molecular weight excluding hydrogens is 586 g/mol. The van der Waals surface area contributed by atoms with E-state index in [2.05, 4.69) is 4.99 Å². The Kier molecular flexibility index (Phi) is 8.29. The van der Waals surface area contributed by atoms with Gasteiger partial charge in [0, 0.05) is 41.0 Å². The summed E-state index contributed by atoms with van der Waals surface area (Å²) in [5, 5.41) is 11.6. The van der Waals surface area contributed by atoms with Crippen LogP contribution in [0.25, 0.3) is 17.4 Å². The summed E-state index contributed by atoms with van der Waals surface area (Å²) in [6.07, 6.45) is 1.83.